The Hall–Kier alpha value is -3.86. The third-order valence-corrected chi connectivity index (χ3v) is 6.12. The highest BCUT2D eigenvalue weighted by molar-refractivity contribution is 6.21. The molecule has 2 N–H and O–H groups in total. The zero-order chi connectivity index (χ0) is 25.2. The molecule has 0 aromatic heterocycles. The molecule has 35 heavy (non-hydrogen) atoms. The van der Waals surface area contributed by atoms with Gasteiger partial charge in [-0.25, -0.2) is 0 Å². The van der Waals surface area contributed by atoms with Crippen LogP contribution in [0.3, 0.4) is 0 Å². The fourth-order valence-electron chi connectivity index (χ4n) is 3.97. The molecule has 182 valence electrons. The van der Waals surface area contributed by atoms with Gasteiger partial charge in [0, 0.05) is 18.8 Å². The molecule has 0 aliphatic heterocycles. The Morgan fingerprint density at radius 1 is 0.714 bits per heavy atom. The lowest BCUT2D eigenvalue weighted by Crippen LogP contribution is -2.36. The lowest BCUT2D eigenvalue weighted by atomic mass is 10.0. The molecule has 5 nitrogen and oxygen atoms in total. The summed E-state index contributed by atoms with van der Waals surface area (Å²) >= 11 is 0. The fraction of sp³-hybridized carbons (Fsp3) is 0.267. The highest BCUT2D eigenvalue weighted by Crippen LogP contribution is 2.19. The molecule has 0 aliphatic carbocycles. The van der Waals surface area contributed by atoms with E-state index >= 15 is 0 Å². The highest BCUT2D eigenvalue weighted by Gasteiger charge is 2.22. The molecule has 0 saturated heterocycles. The van der Waals surface area contributed by atoms with Crippen LogP contribution in [0, 0.1) is 0 Å². The zero-order valence-corrected chi connectivity index (χ0v) is 21.0. The maximum Gasteiger partial charge on any atom is 0.257 e. The standard InChI is InChI=1S/C30H35N3O2/c1-5-33(6-2)27-19-17-24(18-20-27)21-28(29(34)31-22(3)25-13-9-7-10-14-25)30(35)32-23(4)26-15-11-8-12-16-26/h7-23H,5-6H2,1-4H3,(H,31,34)(H,32,35)/t22-,23-/m0/s1. The fourth-order valence-corrected chi connectivity index (χ4v) is 3.97. The van der Waals surface area contributed by atoms with Gasteiger partial charge in [0.1, 0.15) is 5.57 Å². The maximum atomic E-state index is 13.3. The maximum absolute atomic E-state index is 13.3. The topological polar surface area (TPSA) is 61.4 Å². The summed E-state index contributed by atoms with van der Waals surface area (Å²) in [5, 5.41) is 5.96. The minimum atomic E-state index is -0.410. The number of rotatable bonds is 10. The molecule has 0 radical (unpaired) electrons. The van der Waals surface area contributed by atoms with Gasteiger partial charge in [0.25, 0.3) is 11.8 Å². The molecular formula is C30H35N3O2. The molecule has 0 heterocycles. The average Bonchev–Trinajstić information content (AvgIpc) is 2.89. The monoisotopic (exact) mass is 469 g/mol. The molecule has 0 bridgehead atoms. The summed E-state index contributed by atoms with van der Waals surface area (Å²) < 4.78 is 0. The molecule has 0 fully saturated rings. The Morgan fingerprint density at radius 3 is 1.54 bits per heavy atom. The van der Waals surface area contributed by atoms with Crippen molar-refractivity contribution >= 4 is 23.6 Å². The molecule has 5 heteroatoms. The van der Waals surface area contributed by atoms with E-state index in [1.54, 1.807) is 6.08 Å². The SMILES string of the molecule is CCN(CC)c1ccc(C=C(C(=O)N[C@@H](C)c2ccccc2)C(=O)N[C@@H](C)c2ccccc2)cc1. The van der Waals surface area contributed by atoms with Gasteiger partial charge in [-0.15, -0.1) is 0 Å². The van der Waals surface area contributed by atoms with Crippen molar-refractivity contribution in [2.45, 2.75) is 39.8 Å². The molecular weight excluding hydrogens is 434 g/mol. The summed E-state index contributed by atoms with van der Waals surface area (Å²) in [6, 6.07) is 26.9. The van der Waals surface area contributed by atoms with E-state index in [-0.39, 0.29) is 17.7 Å². The van der Waals surface area contributed by atoms with Crippen molar-refractivity contribution in [3.05, 3.63) is 107 Å². The Morgan fingerprint density at radius 2 is 1.14 bits per heavy atom. The largest absolute Gasteiger partial charge is 0.372 e. The Kier molecular flexibility index (Phi) is 9.24. The number of carbonyl (C=O) groups excluding carboxylic acids is 2. The van der Waals surface area contributed by atoms with Crippen LogP contribution in [0.5, 0.6) is 0 Å². The predicted octanol–water partition coefficient (Wildman–Crippen LogP) is 5.67. The second-order valence-corrected chi connectivity index (χ2v) is 8.53. The average molecular weight is 470 g/mol. The number of carbonyl (C=O) groups is 2. The van der Waals surface area contributed by atoms with Crippen LogP contribution in [0.4, 0.5) is 5.69 Å². The second kappa shape index (κ2) is 12.6. The Balaban J connectivity index is 1.86. The molecule has 0 spiro atoms. The lowest BCUT2D eigenvalue weighted by molar-refractivity contribution is -0.124. The minimum absolute atomic E-state index is 0.0751. The number of nitrogens with one attached hydrogen (secondary N) is 2. The van der Waals surface area contributed by atoms with Crippen LogP contribution in [-0.4, -0.2) is 24.9 Å². The normalized spacial score (nSPS) is 12.2. The Bertz CT molecular complexity index is 1060. The van der Waals surface area contributed by atoms with Crippen LogP contribution in [0.15, 0.2) is 90.5 Å². The van der Waals surface area contributed by atoms with E-state index in [0.29, 0.717) is 0 Å². The molecule has 0 aliphatic rings. The summed E-state index contributed by atoms with van der Waals surface area (Å²) in [6.07, 6.45) is 1.66. The van der Waals surface area contributed by atoms with Gasteiger partial charge in [-0.3, -0.25) is 9.59 Å². The predicted molar refractivity (Wildman–Crippen MR) is 144 cm³/mol. The van der Waals surface area contributed by atoms with Crippen LogP contribution in [-0.2, 0) is 9.59 Å². The number of nitrogens with zero attached hydrogens (tertiary/aromatic N) is 1. The number of benzene rings is 3. The molecule has 3 rings (SSSR count). The summed E-state index contributed by atoms with van der Waals surface area (Å²) in [4.78, 5) is 28.9. The van der Waals surface area contributed by atoms with Crippen molar-refractivity contribution in [3.8, 4) is 0 Å². The van der Waals surface area contributed by atoms with Gasteiger partial charge in [0.05, 0.1) is 12.1 Å². The molecule has 3 aromatic carbocycles. The quantitative estimate of drug-likeness (QED) is 0.228. The van der Waals surface area contributed by atoms with Crippen LogP contribution in [0.1, 0.15) is 56.5 Å². The van der Waals surface area contributed by atoms with E-state index in [1.807, 2.05) is 98.8 Å². The Labute approximate surface area is 208 Å². The summed E-state index contributed by atoms with van der Waals surface area (Å²) in [7, 11) is 0. The van der Waals surface area contributed by atoms with E-state index in [4.69, 9.17) is 0 Å². The van der Waals surface area contributed by atoms with Gasteiger partial charge in [-0.05, 0) is 62.6 Å². The van der Waals surface area contributed by atoms with Gasteiger partial charge in [-0.2, -0.15) is 0 Å². The second-order valence-electron chi connectivity index (χ2n) is 8.53. The van der Waals surface area contributed by atoms with Gasteiger partial charge in [-0.1, -0.05) is 72.8 Å². The van der Waals surface area contributed by atoms with Crippen LogP contribution < -0.4 is 15.5 Å². The minimum Gasteiger partial charge on any atom is -0.372 e. The molecule has 0 saturated carbocycles. The first-order valence-electron chi connectivity index (χ1n) is 12.2. The number of hydrogen-bond acceptors (Lipinski definition) is 3. The number of amides is 2. The van der Waals surface area contributed by atoms with E-state index in [2.05, 4.69) is 29.4 Å². The van der Waals surface area contributed by atoms with Crippen LogP contribution in [0.25, 0.3) is 6.08 Å². The van der Waals surface area contributed by atoms with Gasteiger partial charge < -0.3 is 15.5 Å². The number of anilines is 1. The zero-order valence-electron chi connectivity index (χ0n) is 21.0. The van der Waals surface area contributed by atoms with Crippen molar-refractivity contribution in [1.29, 1.82) is 0 Å². The van der Waals surface area contributed by atoms with E-state index in [9.17, 15) is 9.59 Å². The summed E-state index contributed by atoms with van der Waals surface area (Å²) in [6.45, 7) is 9.88. The van der Waals surface area contributed by atoms with Gasteiger partial charge in [0.15, 0.2) is 0 Å². The van der Waals surface area contributed by atoms with E-state index in [0.717, 1.165) is 35.5 Å². The molecule has 2 atom stereocenters. The van der Waals surface area contributed by atoms with Crippen molar-refractivity contribution < 1.29 is 9.59 Å². The van der Waals surface area contributed by atoms with Crippen molar-refractivity contribution in [3.63, 3.8) is 0 Å². The molecule has 3 aromatic rings. The van der Waals surface area contributed by atoms with Crippen molar-refractivity contribution in [1.82, 2.24) is 10.6 Å². The van der Waals surface area contributed by atoms with E-state index < -0.39 is 11.8 Å². The third-order valence-electron chi connectivity index (χ3n) is 6.12. The smallest absolute Gasteiger partial charge is 0.257 e. The van der Waals surface area contributed by atoms with Crippen molar-refractivity contribution in [2.75, 3.05) is 18.0 Å². The highest BCUT2D eigenvalue weighted by atomic mass is 16.2. The van der Waals surface area contributed by atoms with Gasteiger partial charge >= 0.3 is 0 Å². The number of hydrogen-bond donors (Lipinski definition) is 2. The third kappa shape index (κ3) is 7.06. The van der Waals surface area contributed by atoms with E-state index in [1.165, 1.54) is 0 Å². The molecule has 0 unspecified atom stereocenters. The first-order chi connectivity index (χ1) is 16.9. The van der Waals surface area contributed by atoms with Gasteiger partial charge in [0.2, 0.25) is 0 Å². The van der Waals surface area contributed by atoms with Crippen LogP contribution in [0.2, 0.25) is 0 Å². The van der Waals surface area contributed by atoms with Crippen molar-refractivity contribution in [2.24, 2.45) is 0 Å². The first kappa shape index (κ1) is 25.8. The summed E-state index contributed by atoms with van der Waals surface area (Å²) in [5.41, 5.74) is 3.92. The molecule has 2 amide bonds. The first-order valence-corrected chi connectivity index (χ1v) is 12.2. The van der Waals surface area contributed by atoms with Crippen LogP contribution >= 0.6 is 0 Å². The summed E-state index contributed by atoms with van der Waals surface area (Å²) in [5.74, 6) is -0.820. The lowest BCUT2D eigenvalue weighted by Gasteiger charge is -2.21.